The van der Waals surface area contributed by atoms with E-state index in [2.05, 4.69) is 10.1 Å². The van der Waals surface area contributed by atoms with Gasteiger partial charge in [-0.3, -0.25) is 0 Å². The summed E-state index contributed by atoms with van der Waals surface area (Å²) in [7, 11) is 3.79. The molecule has 0 saturated carbocycles. The summed E-state index contributed by atoms with van der Waals surface area (Å²) in [6, 6.07) is 3.65. The molecule has 2 aromatic heterocycles. The summed E-state index contributed by atoms with van der Waals surface area (Å²) in [5.74, 6) is 0.665. The number of fused-ring (bicyclic) bond motifs is 1. The maximum atomic E-state index is 5.73. The van der Waals surface area contributed by atoms with Gasteiger partial charge in [0.05, 0.1) is 5.69 Å². The van der Waals surface area contributed by atoms with E-state index in [1.165, 1.54) is 0 Å². The van der Waals surface area contributed by atoms with Crippen molar-refractivity contribution in [3.63, 3.8) is 0 Å². The maximum absolute atomic E-state index is 5.73. The van der Waals surface area contributed by atoms with Crippen LogP contribution in [0.2, 0.25) is 0 Å². The number of nitrogens with zero attached hydrogens (tertiary/aromatic N) is 4. The molecule has 2 N–H and O–H groups in total. The molecule has 0 fully saturated rings. The molecule has 0 radical (unpaired) electrons. The average molecular weight is 177 g/mol. The molecule has 0 saturated heterocycles. The molecule has 0 aliphatic rings. The van der Waals surface area contributed by atoms with Crippen molar-refractivity contribution >= 4 is 17.3 Å². The van der Waals surface area contributed by atoms with Crippen LogP contribution in [0.4, 0.5) is 11.6 Å². The summed E-state index contributed by atoms with van der Waals surface area (Å²) in [5, 5.41) is 4.22. The van der Waals surface area contributed by atoms with Crippen molar-refractivity contribution in [2.24, 2.45) is 0 Å². The van der Waals surface area contributed by atoms with Gasteiger partial charge in [-0.15, -0.1) is 5.10 Å². The van der Waals surface area contributed by atoms with Crippen LogP contribution in [0.15, 0.2) is 18.3 Å². The highest BCUT2D eigenvalue weighted by molar-refractivity contribution is 5.65. The molecule has 0 spiro atoms. The lowest BCUT2D eigenvalue weighted by Crippen LogP contribution is -2.10. The number of nitrogens with two attached hydrogens (primary N) is 1. The second-order valence-electron chi connectivity index (χ2n) is 3.04. The van der Waals surface area contributed by atoms with Gasteiger partial charge in [0.1, 0.15) is 0 Å². The van der Waals surface area contributed by atoms with Gasteiger partial charge in [-0.1, -0.05) is 0 Å². The van der Waals surface area contributed by atoms with Crippen LogP contribution in [0.5, 0.6) is 0 Å². The van der Waals surface area contributed by atoms with Gasteiger partial charge in [0.15, 0.2) is 5.65 Å². The van der Waals surface area contributed by atoms with E-state index < -0.39 is 0 Å². The molecule has 0 unspecified atom stereocenters. The number of aromatic nitrogens is 3. The number of nitrogen functional groups attached to an aromatic ring is 1. The number of hydrogen-bond donors (Lipinski definition) is 1. The minimum atomic E-state index is 0.642. The van der Waals surface area contributed by atoms with Crippen LogP contribution in [-0.4, -0.2) is 28.7 Å². The highest BCUT2D eigenvalue weighted by Gasteiger charge is 2.06. The van der Waals surface area contributed by atoms with E-state index >= 15 is 0 Å². The normalized spacial score (nSPS) is 10.6. The van der Waals surface area contributed by atoms with E-state index in [-0.39, 0.29) is 0 Å². The minimum Gasteiger partial charge on any atom is -0.396 e. The number of hydrogen-bond acceptors (Lipinski definition) is 4. The van der Waals surface area contributed by atoms with Crippen molar-refractivity contribution in [3.8, 4) is 0 Å². The van der Waals surface area contributed by atoms with E-state index in [0.717, 1.165) is 0 Å². The van der Waals surface area contributed by atoms with E-state index in [0.29, 0.717) is 17.3 Å². The number of rotatable bonds is 1. The molecule has 0 aliphatic carbocycles. The predicted octanol–water partition coefficient (Wildman–Crippen LogP) is 0.377. The summed E-state index contributed by atoms with van der Waals surface area (Å²) in [6.45, 7) is 0. The smallest absolute Gasteiger partial charge is 0.245 e. The van der Waals surface area contributed by atoms with Crippen LogP contribution in [0.25, 0.3) is 5.65 Å². The zero-order valence-corrected chi connectivity index (χ0v) is 7.60. The molecule has 0 amide bonds. The molecule has 0 bridgehead atoms. The van der Waals surface area contributed by atoms with Crippen molar-refractivity contribution in [1.29, 1.82) is 0 Å². The van der Waals surface area contributed by atoms with Gasteiger partial charge in [-0.05, 0) is 12.1 Å². The van der Waals surface area contributed by atoms with Crippen LogP contribution in [0.1, 0.15) is 0 Å². The summed E-state index contributed by atoms with van der Waals surface area (Å²) in [4.78, 5) is 6.10. The highest BCUT2D eigenvalue weighted by Crippen LogP contribution is 2.13. The third kappa shape index (κ3) is 1.18. The Morgan fingerprint density at radius 3 is 2.85 bits per heavy atom. The first-order valence-electron chi connectivity index (χ1n) is 3.96. The maximum Gasteiger partial charge on any atom is 0.245 e. The van der Waals surface area contributed by atoms with Gasteiger partial charge < -0.3 is 10.6 Å². The van der Waals surface area contributed by atoms with E-state index in [1.807, 2.05) is 37.3 Å². The molecule has 0 aliphatic heterocycles. The summed E-state index contributed by atoms with van der Waals surface area (Å²) in [5.41, 5.74) is 7.07. The Labute approximate surface area is 75.8 Å². The van der Waals surface area contributed by atoms with Crippen LogP contribution in [0, 0.1) is 0 Å². The van der Waals surface area contributed by atoms with Gasteiger partial charge in [0.2, 0.25) is 5.95 Å². The van der Waals surface area contributed by atoms with Crippen molar-refractivity contribution < 1.29 is 0 Å². The zero-order chi connectivity index (χ0) is 9.42. The van der Waals surface area contributed by atoms with Gasteiger partial charge >= 0.3 is 0 Å². The monoisotopic (exact) mass is 177 g/mol. The fraction of sp³-hybridized carbons (Fsp3) is 0.250. The lowest BCUT2D eigenvalue weighted by Gasteiger charge is -2.03. The topological polar surface area (TPSA) is 59.5 Å². The molecular weight excluding hydrogens is 166 g/mol. The Balaban J connectivity index is 2.68. The van der Waals surface area contributed by atoms with Crippen molar-refractivity contribution in [2.45, 2.75) is 0 Å². The molecule has 0 atom stereocenters. The first-order valence-corrected chi connectivity index (χ1v) is 3.96. The molecule has 2 heterocycles. The Kier molecular flexibility index (Phi) is 1.58. The summed E-state index contributed by atoms with van der Waals surface area (Å²) in [6.07, 6.45) is 1.83. The zero-order valence-electron chi connectivity index (χ0n) is 7.60. The van der Waals surface area contributed by atoms with E-state index in [4.69, 9.17) is 5.73 Å². The predicted molar refractivity (Wildman–Crippen MR) is 51.7 cm³/mol. The molecule has 5 nitrogen and oxygen atoms in total. The molecule has 13 heavy (non-hydrogen) atoms. The second kappa shape index (κ2) is 2.62. The fourth-order valence-corrected chi connectivity index (χ4v) is 1.10. The van der Waals surface area contributed by atoms with Crippen molar-refractivity contribution in [2.75, 3.05) is 24.7 Å². The first-order chi connectivity index (χ1) is 6.18. The third-order valence-corrected chi connectivity index (χ3v) is 1.78. The summed E-state index contributed by atoms with van der Waals surface area (Å²) >= 11 is 0. The Morgan fingerprint density at radius 1 is 1.46 bits per heavy atom. The SMILES string of the molecule is CN(C)c1nc2c(N)cccn2n1. The first kappa shape index (κ1) is 7.85. The van der Waals surface area contributed by atoms with Crippen LogP contribution < -0.4 is 10.6 Å². The molecule has 2 rings (SSSR count). The molecule has 0 aromatic carbocycles. The van der Waals surface area contributed by atoms with Gasteiger partial charge in [0, 0.05) is 20.3 Å². The second-order valence-corrected chi connectivity index (χ2v) is 3.04. The fourth-order valence-electron chi connectivity index (χ4n) is 1.10. The quantitative estimate of drug-likeness (QED) is 0.684. The van der Waals surface area contributed by atoms with Crippen molar-refractivity contribution in [1.82, 2.24) is 14.6 Å². The van der Waals surface area contributed by atoms with Crippen LogP contribution in [0.3, 0.4) is 0 Å². The van der Waals surface area contributed by atoms with Gasteiger partial charge in [-0.2, -0.15) is 4.98 Å². The standard InChI is InChI=1S/C8H11N5/c1-12(2)8-10-7-6(9)4-3-5-13(7)11-8/h3-5H,9H2,1-2H3. The number of anilines is 2. The van der Waals surface area contributed by atoms with Crippen molar-refractivity contribution in [3.05, 3.63) is 18.3 Å². The van der Waals surface area contributed by atoms with E-state index in [1.54, 1.807) is 4.52 Å². The Hall–Kier alpha value is -1.78. The molecule has 5 heteroatoms. The molecule has 68 valence electrons. The summed E-state index contributed by atoms with van der Waals surface area (Å²) < 4.78 is 1.67. The molecule has 2 aromatic rings. The highest BCUT2D eigenvalue weighted by atomic mass is 15.4. The van der Waals surface area contributed by atoms with Crippen LogP contribution >= 0.6 is 0 Å². The molecular formula is C8H11N5. The largest absolute Gasteiger partial charge is 0.396 e. The third-order valence-electron chi connectivity index (χ3n) is 1.78. The minimum absolute atomic E-state index is 0.642. The lowest BCUT2D eigenvalue weighted by atomic mass is 10.4. The lowest BCUT2D eigenvalue weighted by molar-refractivity contribution is 0.927. The average Bonchev–Trinajstić information content (AvgIpc) is 2.49. The van der Waals surface area contributed by atoms with Gasteiger partial charge in [-0.25, -0.2) is 4.52 Å². The van der Waals surface area contributed by atoms with E-state index in [9.17, 15) is 0 Å². The van der Waals surface area contributed by atoms with Gasteiger partial charge in [0.25, 0.3) is 0 Å². The van der Waals surface area contributed by atoms with Crippen LogP contribution in [-0.2, 0) is 0 Å². The number of pyridine rings is 1. The Morgan fingerprint density at radius 2 is 2.23 bits per heavy atom. The Bertz CT molecular complexity index is 431.